The molecule has 0 bridgehead atoms. The number of halogens is 1. The van der Waals surface area contributed by atoms with Gasteiger partial charge in [0.05, 0.1) is 0 Å². The number of nitrogens with zero attached hydrogens (tertiary/aromatic N) is 3. The van der Waals surface area contributed by atoms with E-state index in [4.69, 9.17) is 0 Å². The van der Waals surface area contributed by atoms with Crippen LogP contribution in [0.2, 0.25) is 0 Å². The Balaban J connectivity index is 0.00000208. The number of amides is 1. The quantitative estimate of drug-likeness (QED) is 0.377. The predicted octanol–water partition coefficient (Wildman–Crippen LogP) is 1.27. The van der Waals surface area contributed by atoms with Crippen molar-refractivity contribution < 1.29 is 4.79 Å². The molecule has 2 N–H and O–H groups in total. The summed E-state index contributed by atoms with van der Waals surface area (Å²) in [6.45, 7) is 8.19. The minimum atomic E-state index is 0. The molecular formula is C17H32IN5O. The Morgan fingerprint density at radius 1 is 1.50 bits per heavy atom. The average molecular weight is 449 g/mol. The molecule has 1 unspecified atom stereocenters. The zero-order chi connectivity index (χ0) is 16.3. The maximum Gasteiger partial charge on any atom is 0.220 e. The summed E-state index contributed by atoms with van der Waals surface area (Å²) in [5.74, 6) is 1.20. The van der Waals surface area contributed by atoms with Gasteiger partial charge in [-0.15, -0.1) is 24.0 Å². The molecule has 2 heterocycles. The van der Waals surface area contributed by atoms with Crippen LogP contribution in [0.4, 0.5) is 0 Å². The molecule has 0 aromatic carbocycles. The topological polar surface area (TPSA) is 60.0 Å². The molecule has 0 radical (unpaired) electrons. The van der Waals surface area contributed by atoms with Crippen molar-refractivity contribution in [2.75, 3.05) is 46.3 Å². The summed E-state index contributed by atoms with van der Waals surface area (Å²) in [4.78, 5) is 21.0. The monoisotopic (exact) mass is 449 g/mol. The van der Waals surface area contributed by atoms with Crippen LogP contribution >= 0.6 is 24.0 Å². The van der Waals surface area contributed by atoms with Crippen LogP contribution in [0.1, 0.15) is 39.0 Å². The van der Waals surface area contributed by atoms with E-state index in [0.717, 1.165) is 64.1 Å². The summed E-state index contributed by atoms with van der Waals surface area (Å²) < 4.78 is 0. The number of likely N-dealkylation sites (tertiary alicyclic amines) is 1. The fourth-order valence-corrected chi connectivity index (χ4v) is 4.11. The first-order valence-electron chi connectivity index (χ1n) is 9.12. The zero-order valence-corrected chi connectivity index (χ0v) is 17.3. The minimum Gasteiger partial charge on any atom is -0.355 e. The van der Waals surface area contributed by atoms with Crippen molar-refractivity contribution in [3.8, 4) is 0 Å². The number of hydrogen-bond acceptors (Lipinski definition) is 3. The summed E-state index contributed by atoms with van der Waals surface area (Å²) >= 11 is 0. The predicted molar refractivity (Wildman–Crippen MR) is 108 cm³/mol. The number of piperidine rings is 1. The second-order valence-electron chi connectivity index (χ2n) is 7.31. The van der Waals surface area contributed by atoms with Crippen LogP contribution in [-0.4, -0.2) is 74.0 Å². The molecule has 2 saturated heterocycles. The molecule has 0 aromatic rings. The van der Waals surface area contributed by atoms with E-state index in [0.29, 0.717) is 6.42 Å². The smallest absolute Gasteiger partial charge is 0.220 e. The van der Waals surface area contributed by atoms with E-state index in [1.54, 1.807) is 0 Å². The van der Waals surface area contributed by atoms with Crippen LogP contribution in [0.25, 0.3) is 0 Å². The fraction of sp³-hybridized carbons (Fsp3) is 0.882. The van der Waals surface area contributed by atoms with Crippen molar-refractivity contribution >= 4 is 35.8 Å². The van der Waals surface area contributed by atoms with Gasteiger partial charge in [0, 0.05) is 57.6 Å². The third-order valence-electron chi connectivity index (χ3n) is 5.52. The van der Waals surface area contributed by atoms with Gasteiger partial charge in [-0.3, -0.25) is 14.7 Å². The lowest BCUT2D eigenvalue weighted by Gasteiger charge is -2.40. The molecule has 2 aliphatic heterocycles. The number of carbonyl (C=O) groups excluding carboxylic acids is 1. The molecule has 3 fully saturated rings. The Hall–Kier alpha value is -0.570. The Labute approximate surface area is 162 Å². The molecule has 0 aromatic heterocycles. The lowest BCUT2D eigenvalue weighted by atomic mass is 9.79. The van der Waals surface area contributed by atoms with Gasteiger partial charge in [0.2, 0.25) is 5.91 Å². The maximum absolute atomic E-state index is 11.6. The Morgan fingerprint density at radius 2 is 2.29 bits per heavy atom. The Kier molecular flexibility index (Phi) is 7.15. The van der Waals surface area contributed by atoms with Crippen LogP contribution < -0.4 is 10.6 Å². The van der Waals surface area contributed by atoms with Crippen LogP contribution in [0.15, 0.2) is 4.99 Å². The van der Waals surface area contributed by atoms with Crippen molar-refractivity contribution in [3.05, 3.63) is 0 Å². The fourth-order valence-electron chi connectivity index (χ4n) is 4.11. The van der Waals surface area contributed by atoms with Crippen molar-refractivity contribution in [1.82, 2.24) is 20.4 Å². The summed E-state index contributed by atoms with van der Waals surface area (Å²) in [6.07, 6.45) is 5.67. The zero-order valence-electron chi connectivity index (χ0n) is 15.0. The molecule has 24 heavy (non-hydrogen) atoms. The number of hydrogen-bond donors (Lipinski definition) is 2. The molecule has 1 atom stereocenters. The van der Waals surface area contributed by atoms with E-state index in [2.05, 4.69) is 32.3 Å². The average Bonchev–Trinajstić information content (AvgIpc) is 3.33. The summed E-state index contributed by atoms with van der Waals surface area (Å²) in [5, 5.41) is 6.54. The van der Waals surface area contributed by atoms with Crippen molar-refractivity contribution in [3.63, 3.8) is 0 Å². The Morgan fingerprint density at radius 3 is 2.88 bits per heavy atom. The van der Waals surface area contributed by atoms with Gasteiger partial charge >= 0.3 is 0 Å². The number of rotatable bonds is 5. The lowest BCUT2D eigenvalue weighted by molar-refractivity contribution is -0.119. The number of carbonyl (C=O) groups is 1. The first-order chi connectivity index (χ1) is 11.2. The van der Waals surface area contributed by atoms with Gasteiger partial charge in [-0.25, -0.2) is 0 Å². The van der Waals surface area contributed by atoms with E-state index in [9.17, 15) is 4.79 Å². The van der Waals surface area contributed by atoms with Crippen LogP contribution in [0, 0.1) is 5.41 Å². The lowest BCUT2D eigenvalue weighted by Crippen LogP contribution is -2.52. The van der Waals surface area contributed by atoms with Gasteiger partial charge in [0.1, 0.15) is 0 Å². The van der Waals surface area contributed by atoms with Crippen LogP contribution in [0.5, 0.6) is 0 Å². The van der Waals surface area contributed by atoms with Gasteiger partial charge in [-0.2, -0.15) is 0 Å². The standard InChI is InChI=1S/C17H31N5O.HI/c1-3-21(14-5-6-14)10-8-19-16(18-2)22-9-4-7-17(13-22)11-15(23)20-12-17;/h14H,3-13H2,1-2H3,(H,18,19)(H,20,23);1H. The first kappa shape index (κ1) is 19.8. The Bertz CT molecular complexity index is 468. The molecule has 3 rings (SSSR count). The number of guanidine groups is 1. The highest BCUT2D eigenvalue weighted by Gasteiger charge is 2.42. The highest BCUT2D eigenvalue weighted by molar-refractivity contribution is 14.0. The molecule has 1 spiro atoms. The molecule has 6 nitrogen and oxygen atoms in total. The van der Waals surface area contributed by atoms with Crippen LogP contribution in [0.3, 0.4) is 0 Å². The van der Waals surface area contributed by atoms with E-state index >= 15 is 0 Å². The van der Waals surface area contributed by atoms with Gasteiger partial charge in [0.15, 0.2) is 5.96 Å². The molecule has 1 saturated carbocycles. The van der Waals surface area contributed by atoms with E-state index in [-0.39, 0.29) is 35.3 Å². The summed E-state index contributed by atoms with van der Waals surface area (Å²) in [5.41, 5.74) is 0.121. The van der Waals surface area contributed by atoms with E-state index in [1.807, 2.05) is 7.05 Å². The normalized spacial score (nSPS) is 27.4. The molecule has 1 aliphatic carbocycles. The highest BCUT2D eigenvalue weighted by Crippen LogP contribution is 2.36. The van der Waals surface area contributed by atoms with Crippen molar-refractivity contribution in [2.24, 2.45) is 10.4 Å². The number of aliphatic imine (C=N–C) groups is 1. The molecule has 3 aliphatic rings. The number of likely N-dealkylation sites (N-methyl/N-ethyl adjacent to an activating group) is 1. The maximum atomic E-state index is 11.6. The summed E-state index contributed by atoms with van der Waals surface area (Å²) in [7, 11) is 1.86. The third-order valence-corrected chi connectivity index (χ3v) is 5.52. The van der Waals surface area contributed by atoms with Crippen molar-refractivity contribution in [2.45, 2.75) is 45.1 Å². The number of nitrogens with one attached hydrogen (secondary N) is 2. The van der Waals surface area contributed by atoms with Crippen molar-refractivity contribution in [1.29, 1.82) is 0 Å². The molecule has 1 amide bonds. The molecule has 7 heteroatoms. The largest absolute Gasteiger partial charge is 0.355 e. The van der Waals surface area contributed by atoms with Gasteiger partial charge < -0.3 is 15.5 Å². The first-order valence-corrected chi connectivity index (χ1v) is 9.12. The summed E-state index contributed by atoms with van der Waals surface area (Å²) in [6, 6.07) is 0.817. The van der Waals surface area contributed by atoms with E-state index < -0.39 is 0 Å². The SMILES string of the molecule is CCN(CCNC(=NC)N1CCCC2(CNC(=O)C2)C1)C1CC1.I. The van der Waals surface area contributed by atoms with E-state index in [1.165, 1.54) is 12.8 Å². The molecule has 138 valence electrons. The van der Waals surface area contributed by atoms with Gasteiger partial charge in [0.25, 0.3) is 0 Å². The molecular weight excluding hydrogens is 417 g/mol. The second kappa shape index (κ2) is 8.69. The van der Waals surface area contributed by atoms with Gasteiger partial charge in [-0.05, 0) is 32.2 Å². The second-order valence-corrected chi connectivity index (χ2v) is 7.31. The van der Waals surface area contributed by atoms with Crippen LogP contribution in [-0.2, 0) is 4.79 Å². The minimum absolute atomic E-state index is 0. The van der Waals surface area contributed by atoms with Gasteiger partial charge in [-0.1, -0.05) is 6.92 Å². The third kappa shape index (κ3) is 4.74. The highest BCUT2D eigenvalue weighted by atomic mass is 127.